The van der Waals surface area contributed by atoms with Crippen LogP contribution in [0.5, 0.6) is 0 Å². The van der Waals surface area contributed by atoms with Gasteiger partial charge in [0.05, 0.1) is 18.6 Å². The summed E-state index contributed by atoms with van der Waals surface area (Å²) >= 11 is 0. The van der Waals surface area contributed by atoms with Gasteiger partial charge in [-0.25, -0.2) is 0 Å². The second-order valence-electron chi connectivity index (χ2n) is 7.05. The van der Waals surface area contributed by atoms with Crippen LogP contribution in [0.2, 0.25) is 0 Å². The van der Waals surface area contributed by atoms with E-state index in [-0.39, 0.29) is 42.4 Å². The highest BCUT2D eigenvalue weighted by Gasteiger charge is 2.69. The summed E-state index contributed by atoms with van der Waals surface area (Å²) in [6.45, 7) is 5.89. The zero-order valence-corrected chi connectivity index (χ0v) is 12.9. The largest absolute Gasteiger partial charge is 0.459 e. The third-order valence-corrected chi connectivity index (χ3v) is 5.95. The van der Waals surface area contributed by atoms with Crippen LogP contribution in [-0.4, -0.2) is 48.2 Å². The van der Waals surface area contributed by atoms with Crippen LogP contribution in [-0.2, 0) is 14.3 Å². The predicted octanol–water partition coefficient (Wildman–Crippen LogP) is 0.744. The number of esters is 1. The Labute approximate surface area is 124 Å². The minimum atomic E-state index is -0.809. The van der Waals surface area contributed by atoms with Crippen molar-refractivity contribution in [3.8, 4) is 0 Å². The normalized spacial score (nSPS) is 48.3. The molecule has 0 spiro atoms. The molecule has 0 radical (unpaired) electrons. The van der Waals surface area contributed by atoms with Gasteiger partial charge in [-0.1, -0.05) is 26.8 Å². The van der Waals surface area contributed by atoms with Gasteiger partial charge in [-0.2, -0.15) is 0 Å². The van der Waals surface area contributed by atoms with Gasteiger partial charge in [-0.05, 0) is 11.5 Å². The Bertz CT molecular complexity index is 485. The summed E-state index contributed by atoms with van der Waals surface area (Å²) in [6.07, 6.45) is 0.300. The summed E-state index contributed by atoms with van der Waals surface area (Å²) in [6, 6.07) is 0. The molecule has 5 nitrogen and oxygen atoms in total. The minimum Gasteiger partial charge on any atom is -0.459 e. The summed E-state index contributed by atoms with van der Waals surface area (Å²) in [5.41, 5.74) is 0.0878. The predicted molar refractivity (Wildman–Crippen MR) is 75.3 cm³/mol. The molecule has 0 aromatic heterocycles. The number of carbonyl (C=O) groups is 1. The van der Waals surface area contributed by atoms with Crippen molar-refractivity contribution in [2.75, 3.05) is 13.7 Å². The SMILES string of the molecule is CO[C@H]1C=C(CO)[C@@]2(C)[C@@H]1[C@@H]1C(=O)O[C@@H]([C@H]1C(C)C)[C@H]2O. The number of fused-ring (bicyclic) bond motifs is 4. The smallest absolute Gasteiger partial charge is 0.310 e. The molecule has 2 N–H and O–H groups in total. The second-order valence-corrected chi connectivity index (χ2v) is 7.05. The third kappa shape index (κ3) is 1.71. The van der Waals surface area contributed by atoms with Crippen molar-refractivity contribution in [3.63, 3.8) is 0 Å². The first-order valence-corrected chi connectivity index (χ1v) is 7.61. The fourth-order valence-corrected chi connectivity index (χ4v) is 4.89. The molecule has 5 heteroatoms. The Hall–Kier alpha value is -0.910. The molecule has 1 saturated carbocycles. The number of methoxy groups -OCH3 is 1. The van der Waals surface area contributed by atoms with E-state index in [9.17, 15) is 15.0 Å². The minimum absolute atomic E-state index is 0.00494. The Balaban J connectivity index is 2.11. The number of carbonyl (C=O) groups excluding carboxylic acids is 1. The molecule has 3 rings (SSSR count). The average molecular weight is 296 g/mol. The van der Waals surface area contributed by atoms with Crippen LogP contribution < -0.4 is 0 Å². The molecule has 0 unspecified atom stereocenters. The maximum atomic E-state index is 12.4. The van der Waals surface area contributed by atoms with Crippen LogP contribution in [0, 0.1) is 29.1 Å². The summed E-state index contributed by atoms with van der Waals surface area (Å²) in [5.74, 6) is -0.468. The van der Waals surface area contributed by atoms with Crippen LogP contribution >= 0.6 is 0 Å². The fourth-order valence-electron chi connectivity index (χ4n) is 4.89. The summed E-state index contributed by atoms with van der Waals surface area (Å²) in [4.78, 5) is 12.4. The van der Waals surface area contributed by atoms with E-state index in [2.05, 4.69) is 13.8 Å². The topological polar surface area (TPSA) is 76.0 Å². The molecule has 7 atom stereocenters. The quantitative estimate of drug-likeness (QED) is 0.593. The van der Waals surface area contributed by atoms with Crippen LogP contribution in [0.1, 0.15) is 20.8 Å². The number of aliphatic hydroxyl groups excluding tert-OH is 2. The van der Waals surface area contributed by atoms with Crippen molar-refractivity contribution in [1.82, 2.24) is 0 Å². The van der Waals surface area contributed by atoms with E-state index < -0.39 is 17.6 Å². The number of hydrogen-bond acceptors (Lipinski definition) is 5. The molecular weight excluding hydrogens is 272 g/mol. The summed E-state index contributed by atoms with van der Waals surface area (Å²) < 4.78 is 11.1. The van der Waals surface area contributed by atoms with Crippen LogP contribution in [0.15, 0.2) is 11.6 Å². The zero-order valence-electron chi connectivity index (χ0n) is 12.9. The first-order chi connectivity index (χ1) is 9.87. The van der Waals surface area contributed by atoms with E-state index >= 15 is 0 Å². The molecular formula is C16H24O5. The Morgan fingerprint density at radius 1 is 1.48 bits per heavy atom. The standard InChI is InChI=1S/C16H24O5/c1-7(2)10-11-12-9(20-4)5-8(6-17)16(12,3)14(18)13(10)21-15(11)19/h5,7,9-14,17-18H,6H2,1-4H3/t9-,10-,11+,12-,13-,14+,16-/m0/s1. The lowest BCUT2D eigenvalue weighted by Crippen LogP contribution is -2.58. The first kappa shape index (κ1) is 15.0. The Kier molecular flexibility index (Phi) is 3.43. The molecule has 2 aliphatic carbocycles. The highest BCUT2D eigenvalue weighted by Crippen LogP contribution is 2.61. The number of hydrogen-bond donors (Lipinski definition) is 2. The monoisotopic (exact) mass is 296 g/mol. The maximum Gasteiger partial charge on any atom is 0.310 e. The number of aliphatic hydroxyl groups is 2. The van der Waals surface area contributed by atoms with Crippen LogP contribution in [0.4, 0.5) is 0 Å². The first-order valence-electron chi connectivity index (χ1n) is 7.61. The van der Waals surface area contributed by atoms with Crippen molar-refractivity contribution in [3.05, 3.63) is 11.6 Å². The number of rotatable bonds is 3. The number of ether oxygens (including phenoxy) is 2. The van der Waals surface area contributed by atoms with E-state index in [1.807, 2.05) is 13.0 Å². The second kappa shape index (κ2) is 4.80. The van der Waals surface area contributed by atoms with E-state index in [1.54, 1.807) is 7.11 Å². The van der Waals surface area contributed by atoms with E-state index in [0.717, 1.165) is 5.57 Å². The molecule has 1 heterocycles. The van der Waals surface area contributed by atoms with Gasteiger partial charge in [0.2, 0.25) is 0 Å². The molecule has 2 fully saturated rings. The molecule has 118 valence electrons. The van der Waals surface area contributed by atoms with Gasteiger partial charge in [0.25, 0.3) is 0 Å². The van der Waals surface area contributed by atoms with Gasteiger partial charge in [0.1, 0.15) is 12.2 Å². The average Bonchev–Trinajstić information content (AvgIpc) is 2.90. The van der Waals surface area contributed by atoms with Gasteiger partial charge >= 0.3 is 5.97 Å². The molecule has 1 saturated heterocycles. The molecule has 0 amide bonds. The van der Waals surface area contributed by atoms with Crippen molar-refractivity contribution in [1.29, 1.82) is 0 Å². The van der Waals surface area contributed by atoms with Crippen LogP contribution in [0.3, 0.4) is 0 Å². The fraction of sp³-hybridized carbons (Fsp3) is 0.812. The van der Waals surface area contributed by atoms with Gasteiger partial charge < -0.3 is 19.7 Å². The van der Waals surface area contributed by atoms with E-state index in [0.29, 0.717) is 0 Å². The molecule has 1 aliphatic heterocycles. The lowest BCUT2D eigenvalue weighted by molar-refractivity contribution is -0.147. The van der Waals surface area contributed by atoms with Crippen molar-refractivity contribution in [2.24, 2.45) is 29.1 Å². The van der Waals surface area contributed by atoms with Gasteiger partial charge in [-0.3, -0.25) is 4.79 Å². The van der Waals surface area contributed by atoms with E-state index in [4.69, 9.17) is 9.47 Å². The Morgan fingerprint density at radius 2 is 2.14 bits per heavy atom. The highest BCUT2D eigenvalue weighted by atomic mass is 16.6. The zero-order chi connectivity index (χ0) is 15.5. The molecule has 3 aliphatic rings. The van der Waals surface area contributed by atoms with Gasteiger partial charge in [0, 0.05) is 24.4 Å². The van der Waals surface area contributed by atoms with Crippen molar-refractivity contribution < 1.29 is 24.5 Å². The van der Waals surface area contributed by atoms with E-state index in [1.165, 1.54) is 0 Å². The molecule has 21 heavy (non-hydrogen) atoms. The summed E-state index contributed by atoms with van der Waals surface area (Å²) in [7, 11) is 1.60. The maximum absolute atomic E-state index is 12.4. The van der Waals surface area contributed by atoms with Crippen molar-refractivity contribution in [2.45, 2.75) is 39.1 Å². The summed E-state index contributed by atoms with van der Waals surface area (Å²) in [5, 5.41) is 20.6. The molecule has 0 aromatic rings. The lowest BCUT2D eigenvalue weighted by Gasteiger charge is -2.49. The third-order valence-electron chi connectivity index (χ3n) is 5.95. The lowest BCUT2D eigenvalue weighted by atomic mass is 9.55. The van der Waals surface area contributed by atoms with Gasteiger partial charge in [-0.15, -0.1) is 0 Å². The molecule has 0 aromatic carbocycles. The van der Waals surface area contributed by atoms with Gasteiger partial charge in [0.15, 0.2) is 0 Å². The Morgan fingerprint density at radius 3 is 2.67 bits per heavy atom. The van der Waals surface area contributed by atoms with Crippen LogP contribution in [0.25, 0.3) is 0 Å². The highest BCUT2D eigenvalue weighted by molar-refractivity contribution is 5.77. The van der Waals surface area contributed by atoms with Crippen molar-refractivity contribution >= 4 is 5.97 Å². The molecule has 2 bridgehead atoms.